The molecule has 8 heteroatoms. The van der Waals surface area contributed by atoms with Gasteiger partial charge in [-0.25, -0.2) is 4.68 Å². The Morgan fingerprint density at radius 2 is 2.17 bits per heavy atom. The predicted octanol–water partition coefficient (Wildman–Crippen LogP) is 2.88. The van der Waals surface area contributed by atoms with Crippen molar-refractivity contribution in [3.05, 3.63) is 39.1 Å². The van der Waals surface area contributed by atoms with Crippen molar-refractivity contribution in [2.45, 2.75) is 32.7 Å². The van der Waals surface area contributed by atoms with Crippen LogP contribution in [-0.4, -0.2) is 26.3 Å². The number of hydrogen-bond acceptors (Lipinski definition) is 5. The number of aromatic nitrogens is 4. The number of hydrogen-bond donors (Lipinski definition) is 2. The fourth-order valence-electron chi connectivity index (χ4n) is 2.28. The third kappa shape index (κ3) is 3.31. The largest absolute Gasteiger partial charge is 0.454 e. The number of anilines is 1. The zero-order chi connectivity index (χ0) is 16.6. The maximum absolute atomic E-state index is 12.2. The van der Waals surface area contributed by atoms with Crippen LogP contribution in [0.3, 0.4) is 0 Å². The number of nitrogens with zero attached hydrogens (tertiary/aromatic N) is 3. The summed E-state index contributed by atoms with van der Waals surface area (Å²) in [7, 11) is 0. The average Bonchev–Trinajstić information content (AvgIpc) is 3.05. The van der Waals surface area contributed by atoms with Crippen molar-refractivity contribution in [1.82, 2.24) is 19.7 Å². The van der Waals surface area contributed by atoms with Crippen molar-refractivity contribution in [1.29, 1.82) is 0 Å². The molecule has 3 rings (SSSR count). The van der Waals surface area contributed by atoms with Gasteiger partial charge in [0.2, 0.25) is 5.95 Å². The molecule has 0 atom stereocenters. The van der Waals surface area contributed by atoms with Gasteiger partial charge in [0, 0.05) is 13.0 Å². The number of aromatic amines is 1. The second-order valence-corrected chi connectivity index (χ2v) is 7.04. The van der Waals surface area contributed by atoms with E-state index < -0.39 is 0 Å². The van der Waals surface area contributed by atoms with Gasteiger partial charge in [-0.05, 0) is 48.8 Å². The molecule has 0 aliphatic rings. The molecule has 0 aliphatic carbocycles. The van der Waals surface area contributed by atoms with Crippen LogP contribution in [0.5, 0.6) is 0 Å². The molecule has 0 unspecified atom stereocenters. The summed E-state index contributed by atoms with van der Waals surface area (Å²) < 4.78 is 7.90. The normalized spacial score (nSPS) is 12.0. The molecule has 0 fully saturated rings. The van der Waals surface area contributed by atoms with Gasteiger partial charge in [0.1, 0.15) is 11.1 Å². The Morgan fingerprint density at radius 1 is 1.39 bits per heavy atom. The van der Waals surface area contributed by atoms with Crippen LogP contribution in [0.15, 0.2) is 32.2 Å². The van der Waals surface area contributed by atoms with Gasteiger partial charge in [-0.15, -0.1) is 0 Å². The van der Waals surface area contributed by atoms with Crippen LogP contribution in [0.4, 0.5) is 5.95 Å². The molecule has 3 aromatic heterocycles. The van der Waals surface area contributed by atoms with E-state index in [0.29, 0.717) is 34.6 Å². The smallest absolute Gasteiger partial charge is 0.263 e. The van der Waals surface area contributed by atoms with E-state index in [1.807, 2.05) is 32.9 Å². The number of fused-ring (bicyclic) bond motifs is 1. The molecule has 0 amide bonds. The molecule has 0 aliphatic heterocycles. The number of furan rings is 1. The molecule has 23 heavy (non-hydrogen) atoms. The minimum atomic E-state index is -0.250. The number of halogens is 1. The molecule has 122 valence electrons. The van der Waals surface area contributed by atoms with Crippen molar-refractivity contribution in [2.75, 3.05) is 11.9 Å². The lowest BCUT2D eigenvalue weighted by atomic mass is 10.1. The SMILES string of the molecule is CC(C)(C)n1ncc2c(=O)[nH]c(NCCc3ccc(Br)o3)nc21. The Balaban J connectivity index is 1.82. The lowest BCUT2D eigenvalue weighted by molar-refractivity contribution is 0.366. The van der Waals surface area contributed by atoms with Gasteiger partial charge in [-0.2, -0.15) is 10.1 Å². The van der Waals surface area contributed by atoms with Gasteiger partial charge in [-0.1, -0.05) is 0 Å². The van der Waals surface area contributed by atoms with E-state index in [-0.39, 0.29) is 11.1 Å². The molecule has 0 aromatic carbocycles. The number of H-pyrrole nitrogens is 1. The summed E-state index contributed by atoms with van der Waals surface area (Å²) in [5.74, 6) is 1.28. The van der Waals surface area contributed by atoms with Crippen molar-refractivity contribution >= 4 is 32.9 Å². The Bertz CT molecular complexity index is 887. The second kappa shape index (κ2) is 5.84. The van der Waals surface area contributed by atoms with Gasteiger partial charge >= 0.3 is 0 Å². The van der Waals surface area contributed by atoms with E-state index in [0.717, 1.165) is 5.76 Å². The summed E-state index contributed by atoms with van der Waals surface area (Å²) in [6, 6.07) is 3.75. The van der Waals surface area contributed by atoms with Crippen LogP contribution in [-0.2, 0) is 12.0 Å². The number of nitrogens with one attached hydrogen (secondary N) is 2. The first-order valence-corrected chi connectivity index (χ1v) is 8.10. The topological polar surface area (TPSA) is 88.7 Å². The Kier molecular flexibility index (Phi) is 4.01. The second-order valence-electron chi connectivity index (χ2n) is 6.26. The summed E-state index contributed by atoms with van der Waals surface area (Å²) in [6.07, 6.45) is 2.24. The summed E-state index contributed by atoms with van der Waals surface area (Å²) in [6.45, 7) is 6.65. The van der Waals surface area contributed by atoms with E-state index in [1.165, 1.54) is 0 Å². The van der Waals surface area contributed by atoms with Gasteiger partial charge in [0.15, 0.2) is 10.3 Å². The highest BCUT2D eigenvalue weighted by molar-refractivity contribution is 9.10. The summed E-state index contributed by atoms with van der Waals surface area (Å²) in [5.41, 5.74) is 0.124. The molecule has 0 saturated heterocycles. The molecular weight excluding hydrogens is 362 g/mol. The van der Waals surface area contributed by atoms with Gasteiger partial charge in [0.25, 0.3) is 5.56 Å². The van der Waals surface area contributed by atoms with Gasteiger partial charge < -0.3 is 9.73 Å². The molecule has 0 bridgehead atoms. The maximum Gasteiger partial charge on any atom is 0.263 e. The quantitative estimate of drug-likeness (QED) is 0.727. The summed E-state index contributed by atoms with van der Waals surface area (Å²) in [5, 5.41) is 7.89. The first-order chi connectivity index (χ1) is 10.8. The van der Waals surface area contributed by atoms with Gasteiger partial charge in [0.05, 0.1) is 11.7 Å². The van der Waals surface area contributed by atoms with Crippen LogP contribution in [0.2, 0.25) is 0 Å². The van der Waals surface area contributed by atoms with Crippen molar-refractivity contribution in [2.24, 2.45) is 0 Å². The van der Waals surface area contributed by atoms with E-state index >= 15 is 0 Å². The minimum absolute atomic E-state index is 0.200. The van der Waals surface area contributed by atoms with E-state index in [9.17, 15) is 4.79 Å². The average molecular weight is 380 g/mol. The highest BCUT2D eigenvalue weighted by atomic mass is 79.9. The first-order valence-electron chi connectivity index (χ1n) is 7.31. The monoisotopic (exact) mass is 379 g/mol. The maximum atomic E-state index is 12.2. The van der Waals surface area contributed by atoms with Crippen LogP contribution >= 0.6 is 15.9 Å². The first kappa shape index (κ1) is 15.8. The minimum Gasteiger partial charge on any atom is -0.454 e. The Morgan fingerprint density at radius 3 is 2.83 bits per heavy atom. The zero-order valence-electron chi connectivity index (χ0n) is 13.2. The molecule has 3 heterocycles. The van der Waals surface area contributed by atoms with Crippen molar-refractivity contribution in [3.63, 3.8) is 0 Å². The molecule has 7 nitrogen and oxygen atoms in total. The van der Waals surface area contributed by atoms with Crippen molar-refractivity contribution in [3.8, 4) is 0 Å². The fourth-order valence-corrected chi connectivity index (χ4v) is 2.62. The van der Waals surface area contributed by atoms with Crippen LogP contribution in [0.1, 0.15) is 26.5 Å². The highest BCUT2D eigenvalue weighted by Crippen LogP contribution is 2.19. The van der Waals surface area contributed by atoms with E-state index in [2.05, 4.69) is 36.3 Å². The summed E-state index contributed by atoms with van der Waals surface area (Å²) >= 11 is 3.27. The lowest BCUT2D eigenvalue weighted by Gasteiger charge is -2.19. The third-order valence-corrected chi connectivity index (χ3v) is 3.79. The molecule has 2 N–H and O–H groups in total. The standard InChI is InChI=1S/C15H18BrN5O2/c1-15(2,3)21-12-10(8-18-21)13(22)20-14(19-12)17-7-6-9-4-5-11(16)23-9/h4-5,8H,6-7H2,1-3H3,(H2,17,19,20,22). The Hall–Kier alpha value is -2.09. The fraction of sp³-hybridized carbons (Fsp3) is 0.400. The van der Waals surface area contributed by atoms with Crippen LogP contribution in [0.25, 0.3) is 11.0 Å². The third-order valence-electron chi connectivity index (χ3n) is 3.37. The molecule has 0 saturated carbocycles. The van der Waals surface area contributed by atoms with Crippen molar-refractivity contribution < 1.29 is 4.42 Å². The van der Waals surface area contributed by atoms with E-state index in [1.54, 1.807) is 10.9 Å². The Labute approximate surface area is 141 Å². The molecule has 0 radical (unpaired) electrons. The lowest BCUT2D eigenvalue weighted by Crippen LogP contribution is -2.24. The molecular formula is C15H18BrN5O2. The molecule has 0 spiro atoms. The van der Waals surface area contributed by atoms with Crippen LogP contribution in [0, 0.1) is 0 Å². The summed E-state index contributed by atoms with van der Waals surface area (Å²) in [4.78, 5) is 19.4. The van der Waals surface area contributed by atoms with Crippen LogP contribution < -0.4 is 10.9 Å². The van der Waals surface area contributed by atoms with E-state index in [4.69, 9.17) is 4.42 Å². The highest BCUT2D eigenvalue weighted by Gasteiger charge is 2.19. The predicted molar refractivity (Wildman–Crippen MR) is 91.7 cm³/mol. The zero-order valence-corrected chi connectivity index (χ0v) is 14.8. The number of rotatable bonds is 4. The molecule has 3 aromatic rings. The van der Waals surface area contributed by atoms with Gasteiger partial charge in [-0.3, -0.25) is 9.78 Å².